The quantitative estimate of drug-likeness (QED) is 0.542. The predicted molar refractivity (Wildman–Crippen MR) is 84.5 cm³/mol. The average molecular weight is 268 g/mol. The molecule has 0 unspecified atom stereocenters. The second-order valence-electron chi connectivity index (χ2n) is 5.27. The Morgan fingerprint density at radius 1 is 0.842 bits per heavy atom. The van der Waals surface area contributed by atoms with E-state index in [1.165, 1.54) is 11.1 Å². The molecule has 0 saturated heterocycles. The molecule has 0 fully saturated rings. The van der Waals surface area contributed by atoms with Crippen LogP contribution in [0.3, 0.4) is 0 Å². The van der Waals surface area contributed by atoms with Crippen LogP contribution in [0, 0.1) is 27.7 Å². The first kappa shape index (κ1) is 12.4. The molecular formula is C17H16OS. The van der Waals surface area contributed by atoms with E-state index in [0.29, 0.717) is 0 Å². The number of rotatable bonds is 0. The van der Waals surface area contributed by atoms with Crippen molar-refractivity contribution >= 4 is 31.5 Å². The highest BCUT2D eigenvalue weighted by molar-refractivity contribution is 7.24. The van der Waals surface area contributed by atoms with Crippen molar-refractivity contribution in [2.24, 2.45) is 0 Å². The van der Waals surface area contributed by atoms with Crippen LogP contribution in [0.25, 0.3) is 20.2 Å². The Hall–Kier alpha value is -1.67. The zero-order valence-electron chi connectivity index (χ0n) is 11.6. The maximum Gasteiger partial charge on any atom is 0.196 e. The first-order chi connectivity index (χ1) is 8.99. The van der Waals surface area contributed by atoms with Gasteiger partial charge in [-0.3, -0.25) is 4.79 Å². The van der Waals surface area contributed by atoms with Crippen LogP contribution in [-0.2, 0) is 0 Å². The van der Waals surface area contributed by atoms with Gasteiger partial charge in [0.05, 0.1) is 0 Å². The molecule has 2 aromatic carbocycles. The SMILES string of the molecule is Cc1cc(C)c2c(=O)c3c(C)c(C)ccc3sc2c1. The molecule has 0 aliphatic carbocycles. The lowest BCUT2D eigenvalue weighted by molar-refractivity contribution is 1.38. The van der Waals surface area contributed by atoms with Crippen LogP contribution in [0.1, 0.15) is 22.3 Å². The molecule has 0 amide bonds. The van der Waals surface area contributed by atoms with Crippen molar-refractivity contribution in [1.29, 1.82) is 0 Å². The van der Waals surface area contributed by atoms with Gasteiger partial charge in [-0.15, -0.1) is 11.3 Å². The van der Waals surface area contributed by atoms with Gasteiger partial charge in [0.25, 0.3) is 0 Å². The molecule has 0 bridgehead atoms. The van der Waals surface area contributed by atoms with Crippen LogP contribution in [0.4, 0.5) is 0 Å². The van der Waals surface area contributed by atoms with E-state index in [1.54, 1.807) is 11.3 Å². The van der Waals surface area contributed by atoms with Gasteiger partial charge in [-0.25, -0.2) is 0 Å². The Morgan fingerprint density at radius 3 is 2.32 bits per heavy atom. The summed E-state index contributed by atoms with van der Waals surface area (Å²) < 4.78 is 2.18. The first-order valence-corrected chi connectivity index (χ1v) is 7.24. The highest BCUT2D eigenvalue weighted by Crippen LogP contribution is 2.29. The first-order valence-electron chi connectivity index (χ1n) is 6.43. The standard InChI is InChI=1S/C17H16OS/c1-9-7-11(3)15-14(8-9)19-13-6-5-10(2)12(4)16(13)17(15)18/h5-8H,1-4H3. The molecule has 0 atom stereocenters. The fourth-order valence-corrected chi connectivity index (χ4v) is 4.02. The zero-order chi connectivity index (χ0) is 13.7. The van der Waals surface area contributed by atoms with E-state index < -0.39 is 0 Å². The van der Waals surface area contributed by atoms with Crippen molar-refractivity contribution in [1.82, 2.24) is 0 Å². The summed E-state index contributed by atoms with van der Waals surface area (Å²) in [5.74, 6) is 0. The Balaban J connectivity index is 2.65. The second-order valence-corrected chi connectivity index (χ2v) is 6.35. The summed E-state index contributed by atoms with van der Waals surface area (Å²) in [4.78, 5) is 12.8. The van der Waals surface area contributed by atoms with Crippen molar-refractivity contribution in [2.45, 2.75) is 27.7 Å². The maximum absolute atomic E-state index is 12.8. The molecule has 1 aromatic heterocycles. The lowest BCUT2D eigenvalue weighted by atomic mass is 10.0. The number of hydrogen-bond acceptors (Lipinski definition) is 2. The van der Waals surface area contributed by atoms with Crippen LogP contribution in [0.15, 0.2) is 29.1 Å². The van der Waals surface area contributed by atoms with Gasteiger partial charge in [0.1, 0.15) is 0 Å². The lowest BCUT2D eigenvalue weighted by Gasteiger charge is -2.08. The van der Waals surface area contributed by atoms with Gasteiger partial charge in [0.2, 0.25) is 0 Å². The second kappa shape index (κ2) is 4.17. The topological polar surface area (TPSA) is 17.1 Å². The van der Waals surface area contributed by atoms with Gasteiger partial charge in [-0.1, -0.05) is 12.1 Å². The predicted octanol–water partition coefficient (Wildman–Crippen LogP) is 4.65. The lowest BCUT2D eigenvalue weighted by Crippen LogP contribution is -2.05. The fourth-order valence-electron chi connectivity index (χ4n) is 2.70. The molecule has 0 spiro atoms. The average Bonchev–Trinajstić information content (AvgIpc) is 2.32. The van der Waals surface area contributed by atoms with E-state index in [4.69, 9.17) is 0 Å². The Labute approximate surface area is 116 Å². The van der Waals surface area contributed by atoms with Crippen molar-refractivity contribution < 1.29 is 0 Å². The van der Waals surface area contributed by atoms with E-state index in [2.05, 4.69) is 38.1 Å². The zero-order valence-corrected chi connectivity index (χ0v) is 12.4. The van der Waals surface area contributed by atoms with Crippen LogP contribution >= 0.6 is 11.3 Å². The van der Waals surface area contributed by atoms with Crippen LogP contribution in [0.5, 0.6) is 0 Å². The molecule has 0 radical (unpaired) electrons. The molecule has 3 rings (SSSR count). The van der Waals surface area contributed by atoms with E-state index >= 15 is 0 Å². The normalized spacial score (nSPS) is 11.4. The van der Waals surface area contributed by atoms with E-state index in [0.717, 1.165) is 31.3 Å². The minimum atomic E-state index is 0.183. The summed E-state index contributed by atoms with van der Waals surface area (Å²) in [6, 6.07) is 8.37. The summed E-state index contributed by atoms with van der Waals surface area (Å²) >= 11 is 1.72. The molecule has 19 heavy (non-hydrogen) atoms. The molecule has 2 heteroatoms. The molecule has 0 aliphatic heterocycles. The van der Waals surface area contributed by atoms with Crippen molar-refractivity contribution in [3.63, 3.8) is 0 Å². The van der Waals surface area contributed by atoms with Gasteiger partial charge in [0.15, 0.2) is 5.43 Å². The summed E-state index contributed by atoms with van der Waals surface area (Å²) in [6.07, 6.45) is 0. The van der Waals surface area contributed by atoms with Gasteiger partial charge < -0.3 is 0 Å². The molecule has 0 saturated carbocycles. The molecule has 1 heterocycles. The third-order valence-corrected chi connectivity index (χ3v) is 4.92. The van der Waals surface area contributed by atoms with E-state index in [-0.39, 0.29) is 5.43 Å². The summed E-state index contributed by atoms with van der Waals surface area (Å²) in [7, 11) is 0. The van der Waals surface area contributed by atoms with Crippen LogP contribution < -0.4 is 5.43 Å². The molecular weight excluding hydrogens is 252 g/mol. The van der Waals surface area contributed by atoms with Crippen LogP contribution in [0.2, 0.25) is 0 Å². The summed E-state index contributed by atoms with van der Waals surface area (Å²) in [5.41, 5.74) is 4.77. The maximum atomic E-state index is 12.8. The molecule has 0 aliphatic rings. The molecule has 3 aromatic rings. The fraction of sp³-hybridized carbons (Fsp3) is 0.235. The minimum Gasteiger partial charge on any atom is -0.288 e. The van der Waals surface area contributed by atoms with Crippen LogP contribution in [-0.4, -0.2) is 0 Å². The van der Waals surface area contributed by atoms with Gasteiger partial charge in [0, 0.05) is 20.2 Å². The Kier molecular flexibility index (Phi) is 2.72. The highest BCUT2D eigenvalue weighted by atomic mass is 32.1. The van der Waals surface area contributed by atoms with Crippen molar-refractivity contribution in [3.05, 3.63) is 56.7 Å². The number of fused-ring (bicyclic) bond motifs is 2. The van der Waals surface area contributed by atoms with Gasteiger partial charge in [-0.2, -0.15) is 0 Å². The van der Waals surface area contributed by atoms with Gasteiger partial charge >= 0.3 is 0 Å². The summed E-state index contributed by atoms with van der Waals surface area (Å²) in [6.45, 7) is 8.21. The third-order valence-electron chi connectivity index (χ3n) is 3.82. The molecule has 96 valence electrons. The monoisotopic (exact) mass is 268 g/mol. The molecule has 0 N–H and O–H groups in total. The summed E-state index contributed by atoms with van der Waals surface area (Å²) in [5, 5.41) is 1.78. The van der Waals surface area contributed by atoms with Crippen molar-refractivity contribution in [2.75, 3.05) is 0 Å². The number of aryl methyl sites for hydroxylation is 4. The third kappa shape index (κ3) is 1.79. The number of hydrogen-bond donors (Lipinski definition) is 0. The smallest absolute Gasteiger partial charge is 0.196 e. The number of benzene rings is 2. The highest BCUT2D eigenvalue weighted by Gasteiger charge is 2.11. The Morgan fingerprint density at radius 2 is 1.58 bits per heavy atom. The van der Waals surface area contributed by atoms with Gasteiger partial charge in [-0.05, 0) is 62.1 Å². The van der Waals surface area contributed by atoms with E-state index in [1.807, 2.05) is 13.8 Å². The van der Waals surface area contributed by atoms with Crippen molar-refractivity contribution in [3.8, 4) is 0 Å². The Bertz CT molecular complexity index is 872. The minimum absolute atomic E-state index is 0.183. The largest absolute Gasteiger partial charge is 0.288 e. The van der Waals surface area contributed by atoms with E-state index in [9.17, 15) is 4.79 Å². The molecule has 1 nitrogen and oxygen atoms in total.